The highest BCUT2D eigenvalue weighted by atomic mass is 79.9. The molecule has 3 aromatic rings. The van der Waals surface area contributed by atoms with Crippen LogP contribution in [0.2, 0.25) is 0 Å². The molecule has 24 heavy (non-hydrogen) atoms. The fourth-order valence-corrected chi connectivity index (χ4v) is 3.04. The van der Waals surface area contributed by atoms with Gasteiger partial charge in [-0.25, -0.2) is 4.98 Å². The smallest absolute Gasteiger partial charge is 0.261 e. The van der Waals surface area contributed by atoms with E-state index in [2.05, 4.69) is 22.9 Å². The number of hydrogen-bond donors (Lipinski definition) is 0. The van der Waals surface area contributed by atoms with Gasteiger partial charge in [0.05, 0.1) is 10.9 Å². The molecule has 3 rings (SSSR count). The predicted octanol–water partition coefficient (Wildman–Crippen LogP) is 5.13. The number of benzene rings is 2. The minimum absolute atomic E-state index is 0.0285. The summed E-state index contributed by atoms with van der Waals surface area (Å²) < 4.78 is 2.80. The quantitative estimate of drug-likeness (QED) is 0.612. The van der Waals surface area contributed by atoms with Gasteiger partial charge in [0.25, 0.3) is 5.56 Å². The molecule has 2 aromatic carbocycles. The van der Waals surface area contributed by atoms with Crippen LogP contribution in [0.25, 0.3) is 23.1 Å². The molecule has 3 nitrogen and oxygen atoms in total. The first kappa shape index (κ1) is 16.7. The lowest BCUT2D eigenvalue weighted by molar-refractivity contribution is 0.603. The third-order valence-electron chi connectivity index (χ3n) is 3.94. The molecule has 0 spiro atoms. The van der Waals surface area contributed by atoms with E-state index >= 15 is 0 Å². The molecule has 4 heteroatoms. The molecule has 0 N–H and O–H groups in total. The maximum absolute atomic E-state index is 12.8. The molecular weight excluding hydrogens is 364 g/mol. The second-order valence-electron chi connectivity index (χ2n) is 5.65. The number of fused-ring (bicyclic) bond motifs is 1. The van der Waals surface area contributed by atoms with Gasteiger partial charge >= 0.3 is 0 Å². The van der Waals surface area contributed by atoms with Gasteiger partial charge in [0.2, 0.25) is 0 Å². The van der Waals surface area contributed by atoms with E-state index in [0.29, 0.717) is 17.8 Å². The van der Waals surface area contributed by atoms with Crippen molar-refractivity contribution in [2.24, 2.45) is 0 Å². The van der Waals surface area contributed by atoms with Crippen LogP contribution in [0.15, 0.2) is 57.8 Å². The zero-order chi connectivity index (χ0) is 16.9. The van der Waals surface area contributed by atoms with Crippen molar-refractivity contribution in [2.75, 3.05) is 0 Å². The van der Waals surface area contributed by atoms with Crippen LogP contribution in [-0.4, -0.2) is 9.55 Å². The largest absolute Gasteiger partial charge is 0.293 e. The standard InChI is InChI=1S/C20H19BrN2O/c1-2-3-14-23-19(13-12-15-8-4-6-10-17(15)21)22-18-11-7-5-9-16(18)20(23)24/h4-13H,2-3,14H2,1H3/b13-12+. The summed E-state index contributed by atoms with van der Waals surface area (Å²) >= 11 is 3.54. The van der Waals surface area contributed by atoms with Gasteiger partial charge in [-0.05, 0) is 36.3 Å². The fraction of sp³-hybridized carbons (Fsp3) is 0.200. The van der Waals surface area contributed by atoms with E-state index in [9.17, 15) is 4.79 Å². The fourth-order valence-electron chi connectivity index (χ4n) is 2.62. The van der Waals surface area contributed by atoms with Crippen LogP contribution in [-0.2, 0) is 6.54 Å². The van der Waals surface area contributed by atoms with Crippen LogP contribution in [0.1, 0.15) is 31.2 Å². The summed E-state index contributed by atoms with van der Waals surface area (Å²) in [5, 5.41) is 0.673. The summed E-state index contributed by atoms with van der Waals surface area (Å²) in [7, 11) is 0. The molecule has 0 amide bonds. The minimum Gasteiger partial charge on any atom is -0.293 e. The molecule has 0 saturated heterocycles. The first-order valence-corrected chi connectivity index (χ1v) is 8.92. The van der Waals surface area contributed by atoms with Crippen molar-refractivity contribution in [1.82, 2.24) is 9.55 Å². The Bertz CT molecular complexity index is 944. The molecule has 0 atom stereocenters. The topological polar surface area (TPSA) is 34.9 Å². The van der Waals surface area contributed by atoms with Crippen LogP contribution in [0.4, 0.5) is 0 Å². The summed E-state index contributed by atoms with van der Waals surface area (Å²) in [5.74, 6) is 0.697. The number of nitrogens with zero attached hydrogens (tertiary/aromatic N) is 2. The second kappa shape index (κ2) is 7.58. The molecule has 0 fully saturated rings. The molecule has 1 heterocycles. The summed E-state index contributed by atoms with van der Waals surface area (Å²) in [6.45, 7) is 2.80. The van der Waals surface area contributed by atoms with Crippen molar-refractivity contribution in [3.8, 4) is 0 Å². The van der Waals surface area contributed by atoms with Crippen LogP contribution >= 0.6 is 15.9 Å². The lowest BCUT2D eigenvalue weighted by Crippen LogP contribution is -2.24. The van der Waals surface area contributed by atoms with Gasteiger partial charge < -0.3 is 0 Å². The average Bonchev–Trinajstić information content (AvgIpc) is 2.60. The van der Waals surface area contributed by atoms with Crippen molar-refractivity contribution in [2.45, 2.75) is 26.3 Å². The predicted molar refractivity (Wildman–Crippen MR) is 104 cm³/mol. The number of unbranched alkanes of at least 4 members (excludes halogenated alkanes) is 1. The van der Waals surface area contributed by atoms with E-state index in [0.717, 1.165) is 28.4 Å². The molecule has 0 bridgehead atoms. The maximum Gasteiger partial charge on any atom is 0.261 e. The summed E-state index contributed by atoms with van der Waals surface area (Å²) in [6, 6.07) is 15.5. The van der Waals surface area contributed by atoms with Gasteiger partial charge in [-0.1, -0.05) is 65.7 Å². The van der Waals surface area contributed by atoms with E-state index in [-0.39, 0.29) is 5.56 Å². The molecule has 0 aliphatic heterocycles. The zero-order valence-corrected chi connectivity index (χ0v) is 15.2. The van der Waals surface area contributed by atoms with E-state index in [1.54, 1.807) is 4.57 Å². The number of rotatable bonds is 5. The molecule has 0 aliphatic rings. The minimum atomic E-state index is 0.0285. The Labute approximate surface area is 149 Å². The lowest BCUT2D eigenvalue weighted by atomic mass is 10.2. The first-order chi connectivity index (χ1) is 11.7. The van der Waals surface area contributed by atoms with Gasteiger partial charge in [-0.2, -0.15) is 0 Å². The number of aromatic nitrogens is 2. The number of halogens is 1. The van der Waals surface area contributed by atoms with Gasteiger partial charge in [0, 0.05) is 11.0 Å². The highest BCUT2D eigenvalue weighted by Crippen LogP contribution is 2.18. The van der Waals surface area contributed by atoms with E-state index in [4.69, 9.17) is 4.98 Å². The van der Waals surface area contributed by atoms with Crippen molar-refractivity contribution < 1.29 is 0 Å². The Balaban J connectivity index is 2.11. The lowest BCUT2D eigenvalue weighted by Gasteiger charge is -2.10. The SMILES string of the molecule is CCCCn1c(/C=C/c2ccccc2Br)nc2ccccc2c1=O. The molecule has 0 aliphatic carbocycles. The van der Waals surface area contributed by atoms with Crippen molar-refractivity contribution in [3.05, 3.63) is 74.7 Å². The first-order valence-electron chi connectivity index (χ1n) is 8.13. The van der Waals surface area contributed by atoms with Gasteiger partial charge in [0.15, 0.2) is 0 Å². The molecule has 0 unspecified atom stereocenters. The molecule has 0 radical (unpaired) electrons. The Morgan fingerprint density at radius 3 is 2.62 bits per heavy atom. The summed E-state index contributed by atoms with van der Waals surface area (Å²) in [4.78, 5) is 17.5. The number of hydrogen-bond acceptors (Lipinski definition) is 2. The monoisotopic (exact) mass is 382 g/mol. The average molecular weight is 383 g/mol. The Kier molecular flexibility index (Phi) is 5.26. The van der Waals surface area contributed by atoms with Crippen molar-refractivity contribution in [3.63, 3.8) is 0 Å². The van der Waals surface area contributed by atoms with Crippen LogP contribution in [0.5, 0.6) is 0 Å². The molecule has 1 aromatic heterocycles. The second-order valence-corrected chi connectivity index (χ2v) is 6.51. The number of para-hydroxylation sites is 1. The van der Waals surface area contributed by atoms with Crippen molar-refractivity contribution >= 4 is 39.0 Å². The molecular formula is C20H19BrN2O. The highest BCUT2D eigenvalue weighted by Gasteiger charge is 2.08. The van der Waals surface area contributed by atoms with Gasteiger partial charge in [0.1, 0.15) is 5.82 Å². The van der Waals surface area contributed by atoms with Crippen LogP contribution in [0.3, 0.4) is 0 Å². The zero-order valence-electron chi connectivity index (χ0n) is 13.6. The third-order valence-corrected chi connectivity index (χ3v) is 4.67. The molecule has 0 saturated carbocycles. The highest BCUT2D eigenvalue weighted by molar-refractivity contribution is 9.10. The summed E-state index contributed by atoms with van der Waals surface area (Å²) in [6.07, 6.45) is 5.90. The van der Waals surface area contributed by atoms with Gasteiger partial charge in [-0.3, -0.25) is 9.36 Å². The van der Waals surface area contributed by atoms with E-state index in [1.807, 2.05) is 60.7 Å². The van der Waals surface area contributed by atoms with Gasteiger partial charge in [-0.15, -0.1) is 0 Å². The Morgan fingerprint density at radius 1 is 1.08 bits per heavy atom. The normalized spacial score (nSPS) is 11.4. The van der Waals surface area contributed by atoms with E-state index in [1.165, 1.54) is 0 Å². The Hall–Kier alpha value is -2.20. The van der Waals surface area contributed by atoms with E-state index < -0.39 is 0 Å². The summed E-state index contributed by atoms with van der Waals surface area (Å²) in [5.41, 5.74) is 1.82. The van der Waals surface area contributed by atoms with Crippen LogP contribution in [0, 0.1) is 0 Å². The van der Waals surface area contributed by atoms with Crippen LogP contribution < -0.4 is 5.56 Å². The van der Waals surface area contributed by atoms with Crippen molar-refractivity contribution in [1.29, 1.82) is 0 Å². The maximum atomic E-state index is 12.8. The Morgan fingerprint density at radius 2 is 1.83 bits per heavy atom. The molecule has 122 valence electrons. The third kappa shape index (κ3) is 3.49.